The summed E-state index contributed by atoms with van der Waals surface area (Å²) in [5, 5.41) is 5.42. The second-order valence-corrected chi connectivity index (χ2v) is 7.09. The molecule has 2 aromatic rings. The predicted molar refractivity (Wildman–Crippen MR) is 89.7 cm³/mol. The number of thiophene rings is 1. The number of benzene rings is 1. The topological polar surface area (TPSA) is 15.3 Å². The van der Waals surface area contributed by atoms with Crippen LogP contribution >= 0.6 is 33.9 Å². The van der Waals surface area contributed by atoms with Crippen LogP contribution in [0, 0.1) is 9.39 Å². The highest BCUT2D eigenvalue weighted by molar-refractivity contribution is 14.1. The molecule has 1 N–H and O–H groups in total. The zero-order valence-electron chi connectivity index (χ0n) is 11.0. The highest BCUT2D eigenvalue weighted by Gasteiger charge is 2.27. The molecule has 3 rings (SSSR count). The van der Waals surface area contributed by atoms with Gasteiger partial charge in [0.2, 0.25) is 0 Å². The zero-order chi connectivity index (χ0) is 13.9. The Morgan fingerprint density at radius 2 is 2.05 bits per heavy atom. The molecule has 0 amide bonds. The fourth-order valence-electron chi connectivity index (χ4n) is 2.64. The van der Waals surface area contributed by atoms with E-state index in [1.807, 2.05) is 18.2 Å². The standard InChI is InChI=1S/C15H16FIN2S/c16-13-4-3-11(17)10-12(13)15(14-2-1-9-20-14)19-7-5-18-6-8-19/h1-4,9-10,15,18H,5-8H2/t15-/m0/s1. The average molecular weight is 402 g/mol. The third kappa shape index (κ3) is 3.05. The first-order chi connectivity index (χ1) is 9.75. The van der Waals surface area contributed by atoms with Gasteiger partial charge in [-0.1, -0.05) is 6.07 Å². The van der Waals surface area contributed by atoms with Gasteiger partial charge in [0.05, 0.1) is 6.04 Å². The maximum absolute atomic E-state index is 14.3. The van der Waals surface area contributed by atoms with Crippen LogP contribution in [-0.4, -0.2) is 31.1 Å². The van der Waals surface area contributed by atoms with Crippen molar-refractivity contribution in [2.24, 2.45) is 0 Å². The molecule has 1 saturated heterocycles. The zero-order valence-corrected chi connectivity index (χ0v) is 14.0. The Morgan fingerprint density at radius 1 is 1.25 bits per heavy atom. The van der Waals surface area contributed by atoms with Crippen molar-refractivity contribution in [1.82, 2.24) is 10.2 Å². The van der Waals surface area contributed by atoms with Crippen LogP contribution in [0.15, 0.2) is 35.7 Å². The van der Waals surface area contributed by atoms with E-state index < -0.39 is 0 Å². The minimum Gasteiger partial charge on any atom is -0.314 e. The third-order valence-electron chi connectivity index (χ3n) is 3.58. The molecule has 1 atom stereocenters. The van der Waals surface area contributed by atoms with Crippen LogP contribution in [0.1, 0.15) is 16.5 Å². The fourth-order valence-corrected chi connectivity index (χ4v) is 4.03. The molecule has 0 spiro atoms. The van der Waals surface area contributed by atoms with Gasteiger partial charge in [-0.25, -0.2) is 4.39 Å². The maximum atomic E-state index is 14.3. The number of hydrogen-bond acceptors (Lipinski definition) is 3. The quantitative estimate of drug-likeness (QED) is 0.791. The van der Waals surface area contributed by atoms with E-state index in [0.29, 0.717) is 0 Å². The molecule has 0 unspecified atom stereocenters. The Labute approximate surface area is 136 Å². The molecule has 0 bridgehead atoms. The minimum absolute atomic E-state index is 0.0341. The van der Waals surface area contributed by atoms with Crippen LogP contribution in [0.4, 0.5) is 4.39 Å². The van der Waals surface area contributed by atoms with Gasteiger partial charge in [0, 0.05) is 40.2 Å². The lowest BCUT2D eigenvalue weighted by atomic mass is 10.0. The Bertz CT molecular complexity index is 567. The van der Waals surface area contributed by atoms with E-state index in [2.05, 4.69) is 44.3 Å². The summed E-state index contributed by atoms with van der Waals surface area (Å²) >= 11 is 3.95. The largest absolute Gasteiger partial charge is 0.314 e. The van der Waals surface area contributed by atoms with E-state index in [1.165, 1.54) is 4.88 Å². The van der Waals surface area contributed by atoms with Crippen LogP contribution in [0.3, 0.4) is 0 Å². The number of hydrogen-bond donors (Lipinski definition) is 1. The normalized spacial score (nSPS) is 18.1. The summed E-state index contributed by atoms with van der Waals surface area (Å²) in [4.78, 5) is 3.59. The van der Waals surface area contributed by atoms with Crippen LogP contribution in [0.5, 0.6) is 0 Å². The van der Waals surface area contributed by atoms with Crippen molar-refractivity contribution >= 4 is 33.9 Å². The van der Waals surface area contributed by atoms with Gasteiger partial charge in [0.15, 0.2) is 0 Å². The molecule has 0 saturated carbocycles. The first-order valence-corrected chi connectivity index (χ1v) is 8.64. The van der Waals surface area contributed by atoms with Crippen molar-refractivity contribution in [3.63, 3.8) is 0 Å². The monoisotopic (exact) mass is 402 g/mol. The fraction of sp³-hybridized carbons (Fsp3) is 0.333. The summed E-state index contributed by atoms with van der Waals surface area (Å²) < 4.78 is 15.4. The first kappa shape index (κ1) is 14.4. The average Bonchev–Trinajstić information content (AvgIpc) is 2.98. The first-order valence-electron chi connectivity index (χ1n) is 6.69. The summed E-state index contributed by atoms with van der Waals surface area (Å²) in [5.74, 6) is -0.109. The van der Waals surface area contributed by atoms with Crippen LogP contribution < -0.4 is 5.32 Å². The van der Waals surface area contributed by atoms with Gasteiger partial charge in [-0.3, -0.25) is 4.90 Å². The summed E-state index contributed by atoms with van der Waals surface area (Å²) in [6.07, 6.45) is 0. The summed E-state index contributed by atoms with van der Waals surface area (Å²) in [7, 11) is 0. The van der Waals surface area contributed by atoms with Crippen molar-refractivity contribution in [3.05, 3.63) is 55.5 Å². The molecule has 2 nitrogen and oxygen atoms in total. The van der Waals surface area contributed by atoms with Crippen molar-refractivity contribution in [1.29, 1.82) is 0 Å². The van der Waals surface area contributed by atoms with Gasteiger partial charge in [0.25, 0.3) is 0 Å². The van der Waals surface area contributed by atoms with Crippen LogP contribution in [0.2, 0.25) is 0 Å². The molecule has 0 radical (unpaired) electrons. The summed E-state index contributed by atoms with van der Waals surface area (Å²) in [6, 6.07) is 9.56. The van der Waals surface area contributed by atoms with E-state index in [-0.39, 0.29) is 11.9 Å². The Balaban J connectivity index is 2.02. The molecular weight excluding hydrogens is 386 g/mol. The molecule has 1 fully saturated rings. The van der Waals surface area contributed by atoms with Gasteiger partial charge < -0.3 is 5.32 Å². The Morgan fingerprint density at radius 3 is 2.75 bits per heavy atom. The van der Waals surface area contributed by atoms with Gasteiger partial charge in [-0.15, -0.1) is 11.3 Å². The van der Waals surface area contributed by atoms with E-state index in [9.17, 15) is 4.39 Å². The smallest absolute Gasteiger partial charge is 0.128 e. The highest BCUT2D eigenvalue weighted by atomic mass is 127. The molecule has 1 aromatic heterocycles. The van der Waals surface area contributed by atoms with Crippen LogP contribution in [0.25, 0.3) is 0 Å². The van der Waals surface area contributed by atoms with Crippen molar-refractivity contribution in [2.75, 3.05) is 26.2 Å². The molecule has 2 heterocycles. The highest BCUT2D eigenvalue weighted by Crippen LogP contribution is 2.34. The van der Waals surface area contributed by atoms with E-state index in [4.69, 9.17) is 0 Å². The molecule has 5 heteroatoms. The summed E-state index contributed by atoms with van der Waals surface area (Å²) in [6.45, 7) is 3.84. The number of nitrogens with zero attached hydrogens (tertiary/aromatic N) is 1. The number of rotatable bonds is 3. The lowest BCUT2D eigenvalue weighted by Crippen LogP contribution is -2.45. The third-order valence-corrected chi connectivity index (χ3v) is 5.18. The van der Waals surface area contributed by atoms with E-state index in [0.717, 1.165) is 35.3 Å². The molecule has 1 aromatic carbocycles. The van der Waals surface area contributed by atoms with Gasteiger partial charge in [-0.2, -0.15) is 0 Å². The predicted octanol–water partition coefficient (Wildman–Crippen LogP) is 3.49. The van der Waals surface area contributed by atoms with Gasteiger partial charge in [-0.05, 0) is 52.2 Å². The van der Waals surface area contributed by atoms with Crippen molar-refractivity contribution in [3.8, 4) is 0 Å². The molecule has 1 aliphatic rings. The van der Waals surface area contributed by atoms with Crippen LogP contribution in [-0.2, 0) is 0 Å². The Hall–Kier alpha value is -0.500. The number of piperazine rings is 1. The Kier molecular flexibility index (Phi) is 4.70. The van der Waals surface area contributed by atoms with Gasteiger partial charge in [0.1, 0.15) is 5.82 Å². The second-order valence-electron chi connectivity index (χ2n) is 4.87. The van der Waals surface area contributed by atoms with E-state index in [1.54, 1.807) is 17.4 Å². The maximum Gasteiger partial charge on any atom is 0.128 e. The van der Waals surface area contributed by atoms with E-state index >= 15 is 0 Å². The number of halogens is 2. The summed E-state index contributed by atoms with van der Waals surface area (Å²) in [5.41, 5.74) is 0.793. The molecular formula is C15H16FIN2S. The lowest BCUT2D eigenvalue weighted by molar-refractivity contribution is 0.197. The molecule has 106 valence electrons. The minimum atomic E-state index is -0.109. The molecule has 20 heavy (non-hydrogen) atoms. The second kappa shape index (κ2) is 6.51. The number of nitrogens with one attached hydrogen (secondary N) is 1. The van der Waals surface area contributed by atoms with Crippen molar-refractivity contribution < 1.29 is 4.39 Å². The lowest BCUT2D eigenvalue weighted by Gasteiger charge is -2.35. The SMILES string of the molecule is Fc1ccc(I)cc1[C@@H](c1cccs1)N1CCNCC1. The molecule has 1 aliphatic heterocycles. The molecule has 0 aliphatic carbocycles. The van der Waals surface area contributed by atoms with Crippen molar-refractivity contribution in [2.45, 2.75) is 6.04 Å². The van der Waals surface area contributed by atoms with Gasteiger partial charge >= 0.3 is 0 Å².